The lowest BCUT2D eigenvalue weighted by molar-refractivity contribution is -0.116. The molecular weight excluding hydrogens is 293 g/mol. The molecule has 1 amide bonds. The van der Waals surface area contributed by atoms with E-state index in [2.05, 4.69) is 5.32 Å². The third kappa shape index (κ3) is 2.64. The standard InChI is InChI=1S/C15H14FNO3S/c1-20-9-5-13(21-7-9)15(19)10-4-8-2-3-14(18)17-12(8)6-11(10)16/h4-7,15,19H,2-3H2,1H3,(H,17,18). The number of aliphatic hydroxyl groups is 1. The van der Waals surface area contributed by atoms with E-state index in [1.807, 2.05) is 0 Å². The molecule has 0 aliphatic carbocycles. The smallest absolute Gasteiger partial charge is 0.224 e. The number of thiophene rings is 1. The van der Waals surface area contributed by atoms with E-state index in [-0.39, 0.29) is 11.5 Å². The summed E-state index contributed by atoms with van der Waals surface area (Å²) in [5.74, 6) is -0.00584. The first-order valence-corrected chi connectivity index (χ1v) is 7.39. The van der Waals surface area contributed by atoms with Crippen LogP contribution in [0, 0.1) is 5.82 Å². The van der Waals surface area contributed by atoms with Crippen molar-refractivity contribution in [2.75, 3.05) is 12.4 Å². The molecule has 2 N–H and O–H groups in total. The van der Waals surface area contributed by atoms with E-state index in [0.717, 1.165) is 5.56 Å². The van der Waals surface area contributed by atoms with E-state index < -0.39 is 11.9 Å². The molecule has 1 aromatic carbocycles. The number of rotatable bonds is 3. The topological polar surface area (TPSA) is 58.6 Å². The Kier molecular flexibility index (Phi) is 3.65. The zero-order chi connectivity index (χ0) is 15.0. The van der Waals surface area contributed by atoms with E-state index in [9.17, 15) is 14.3 Å². The van der Waals surface area contributed by atoms with Gasteiger partial charge in [0.25, 0.3) is 0 Å². The molecule has 21 heavy (non-hydrogen) atoms. The van der Waals surface area contributed by atoms with Gasteiger partial charge >= 0.3 is 0 Å². The second-order valence-electron chi connectivity index (χ2n) is 4.87. The molecule has 1 aliphatic rings. The monoisotopic (exact) mass is 307 g/mol. The average Bonchev–Trinajstić information content (AvgIpc) is 2.94. The first kappa shape index (κ1) is 14.0. The highest BCUT2D eigenvalue weighted by atomic mass is 32.1. The van der Waals surface area contributed by atoms with Crippen molar-refractivity contribution >= 4 is 22.9 Å². The van der Waals surface area contributed by atoms with E-state index in [0.29, 0.717) is 29.2 Å². The predicted molar refractivity (Wildman–Crippen MR) is 78.3 cm³/mol. The lowest BCUT2D eigenvalue weighted by Gasteiger charge is -2.19. The molecule has 2 aromatic rings. The summed E-state index contributed by atoms with van der Waals surface area (Å²) >= 11 is 1.31. The summed E-state index contributed by atoms with van der Waals surface area (Å²) in [5.41, 5.74) is 1.55. The van der Waals surface area contributed by atoms with Crippen LogP contribution in [0.25, 0.3) is 0 Å². The molecule has 1 aromatic heterocycles. The summed E-state index contributed by atoms with van der Waals surface area (Å²) < 4.78 is 19.3. The van der Waals surface area contributed by atoms with Crippen molar-refractivity contribution in [3.05, 3.63) is 45.4 Å². The van der Waals surface area contributed by atoms with Crippen LogP contribution in [-0.4, -0.2) is 18.1 Å². The number of hydrogen-bond acceptors (Lipinski definition) is 4. The van der Waals surface area contributed by atoms with Gasteiger partial charge in [-0.1, -0.05) is 0 Å². The van der Waals surface area contributed by atoms with Crippen molar-refractivity contribution < 1.29 is 19.0 Å². The van der Waals surface area contributed by atoms with Gasteiger partial charge in [-0.2, -0.15) is 0 Å². The fraction of sp³-hybridized carbons (Fsp3) is 0.267. The molecule has 0 saturated carbocycles. The van der Waals surface area contributed by atoms with Gasteiger partial charge in [0.1, 0.15) is 17.7 Å². The van der Waals surface area contributed by atoms with Crippen LogP contribution in [-0.2, 0) is 11.2 Å². The Labute approximate surface area is 125 Å². The summed E-state index contributed by atoms with van der Waals surface area (Å²) in [6, 6.07) is 4.59. The van der Waals surface area contributed by atoms with E-state index in [1.54, 1.807) is 24.6 Å². The van der Waals surface area contributed by atoms with Gasteiger partial charge in [-0.15, -0.1) is 11.3 Å². The SMILES string of the molecule is COc1csc(C(O)c2cc3c(cc2F)NC(=O)CC3)c1. The molecule has 0 spiro atoms. The van der Waals surface area contributed by atoms with Crippen LogP contribution < -0.4 is 10.1 Å². The second kappa shape index (κ2) is 5.46. The number of ether oxygens (including phenoxy) is 1. The summed E-state index contributed by atoms with van der Waals surface area (Å²) in [7, 11) is 1.54. The van der Waals surface area contributed by atoms with Crippen molar-refractivity contribution in [2.24, 2.45) is 0 Å². The first-order chi connectivity index (χ1) is 10.1. The maximum atomic E-state index is 14.2. The number of hydrogen-bond donors (Lipinski definition) is 2. The number of aryl methyl sites for hydroxylation is 1. The Morgan fingerprint density at radius 2 is 2.19 bits per heavy atom. The molecule has 6 heteroatoms. The normalized spacial score (nSPS) is 15.3. The molecule has 4 nitrogen and oxygen atoms in total. The Morgan fingerprint density at radius 1 is 1.38 bits per heavy atom. The Balaban J connectivity index is 1.96. The van der Waals surface area contributed by atoms with E-state index in [4.69, 9.17) is 4.74 Å². The molecule has 0 bridgehead atoms. The van der Waals surface area contributed by atoms with Gasteiger partial charge < -0.3 is 15.2 Å². The minimum absolute atomic E-state index is 0.113. The molecule has 0 fully saturated rings. The zero-order valence-corrected chi connectivity index (χ0v) is 12.2. The molecule has 1 unspecified atom stereocenters. The van der Waals surface area contributed by atoms with Crippen LogP contribution in [0.2, 0.25) is 0 Å². The van der Waals surface area contributed by atoms with Crippen LogP contribution >= 0.6 is 11.3 Å². The second-order valence-corrected chi connectivity index (χ2v) is 5.81. The number of methoxy groups -OCH3 is 1. The molecule has 0 saturated heterocycles. The molecule has 0 radical (unpaired) electrons. The third-order valence-corrected chi connectivity index (χ3v) is 4.48. The van der Waals surface area contributed by atoms with Crippen molar-refractivity contribution in [2.45, 2.75) is 18.9 Å². The number of amides is 1. The van der Waals surface area contributed by atoms with E-state index in [1.165, 1.54) is 17.4 Å². The largest absolute Gasteiger partial charge is 0.496 e. The quantitative estimate of drug-likeness (QED) is 0.916. The van der Waals surface area contributed by atoms with Crippen LogP contribution in [0.15, 0.2) is 23.6 Å². The molecule has 2 heterocycles. The number of benzene rings is 1. The minimum Gasteiger partial charge on any atom is -0.496 e. The van der Waals surface area contributed by atoms with Crippen LogP contribution in [0.1, 0.15) is 28.5 Å². The predicted octanol–water partition coefficient (Wildman–Crippen LogP) is 2.86. The minimum atomic E-state index is -1.04. The molecule has 1 atom stereocenters. The van der Waals surface area contributed by atoms with Crippen LogP contribution in [0.3, 0.4) is 0 Å². The van der Waals surface area contributed by atoms with Gasteiger partial charge in [0, 0.05) is 27.9 Å². The summed E-state index contributed by atoms with van der Waals surface area (Å²) in [4.78, 5) is 11.9. The molecule has 1 aliphatic heterocycles. The Bertz CT molecular complexity index is 698. The Hall–Kier alpha value is -1.92. The molecule has 110 valence electrons. The highest BCUT2D eigenvalue weighted by Gasteiger charge is 2.22. The van der Waals surface area contributed by atoms with Gasteiger partial charge in [-0.25, -0.2) is 4.39 Å². The number of aliphatic hydroxyl groups excluding tert-OH is 1. The lowest BCUT2D eigenvalue weighted by Crippen LogP contribution is -2.19. The molecule has 3 rings (SSSR count). The molecular formula is C15H14FNO3S. The highest BCUT2D eigenvalue weighted by Crippen LogP contribution is 2.35. The number of nitrogens with one attached hydrogen (secondary N) is 1. The fourth-order valence-electron chi connectivity index (χ4n) is 2.37. The van der Waals surface area contributed by atoms with Gasteiger partial charge in [-0.3, -0.25) is 4.79 Å². The van der Waals surface area contributed by atoms with Crippen LogP contribution in [0.5, 0.6) is 5.75 Å². The third-order valence-electron chi connectivity index (χ3n) is 3.51. The van der Waals surface area contributed by atoms with Crippen molar-refractivity contribution in [1.29, 1.82) is 0 Å². The fourth-order valence-corrected chi connectivity index (χ4v) is 3.23. The van der Waals surface area contributed by atoms with Crippen LogP contribution in [0.4, 0.5) is 10.1 Å². The van der Waals surface area contributed by atoms with Gasteiger partial charge in [0.05, 0.1) is 7.11 Å². The number of anilines is 1. The van der Waals surface area contributed by atoms with E-state index >= 15 is 0 Å². The maximum absolute atomic E-state index is 14.2. The lowest BCUT2D eigenvalue weighted by atomic mass is 9.97. The Morgan fingerprint density at radius 3 is 2.90 bits per heavy atom. The average molecular weight is 307 g/mol. The van der Waals surface area contributed by atoms with Gasteiger partial charge in [0.15, 0.2) is 0 Å². The summed E-state index contributed by atoms with van der Waals surface area (Å²) in [6.45, 7) is 0. The van der Waals surface area contributed by atoms with Crippen molar-refractivity contribution in [1.82, 2.24) is 0 Å². The van der Waals surface area contributed by atoms with Crippen molar-refractivity contribution in [3.63, 3.8) is 0 Å². The number of halogens is 1. The summed E-state index contributed by atoms with van der Waals surface area (Å²) in [6.07, 6.45) is -0.113. The first-order valence-electron chi connectivity index (χ1n) is 6.51. The zero-order valence-electron chi connectivity index (χ0n) is 11.4. The summed E-state index contributed by atoms with van der Waals surface area (Å²) in [5, 5.41) is 14.8. The van der Waals surface area contributed by atoms with Gasteiger partial charge in [0.2, 0.25) is 5.91 Å². The highest BCUT2D eigenvalue weighted by molar-refractivity contribution is 7.10. The number of fused-ring (bicyclic) bond motifs is 1. The number of carbonyl (C=O) groups is 1. The van der Waals surface area contributed by atoms with Crippen molar-refractivity contribution in [3.8, 4) is 5.75 Å². The number of carbonyl (C=O) groups excluding carboxylic acids is 1. The maximum Gasteiger partial charge on any atom is 0.224 e. The van der Waals surface area contributed by atoms with Gasteiger partial charge in [-0.05, 0) is 30.2 Å².